The molecule has 41 heavy (non-hydrogen) atoms. The van der Waals surface area contributed by atoms with Gasteiger partial charge in [-0.3, -0.25) is 9.59 Å². The minimum atomic E-state index is -1.14. The summed E-state index contributed by atoms with van der Waals surface area (Å²) in [6.45, 7) is 8.15. The number of ether oxygens (including phenoxy) is 3. The number of nitrogens with one attached hydrogen (secondary N) is 2. The van der Waals surface area contributed by atoms with Crippen molar-refractivity contribution < 1.29 is 28.6 Å². The zero-order valence-corrected chi connectivity index (χ0v) is 25.4. The monoisotopic (exact) mass is 610 g/mol. The molecular formula is C29H40Cl2N4O6. The van der Waals surface area contributed by atoms with Crippen LogP contribution in [-0.4, -0.2) is 73.5 Å². The van der Waals surface area contributed by atoms with Crippen LogP contribution in [0, 0.1) is 0 Å². The molecule has 0 saturated carbocycles. The maximum atomic E-state index is 13.9. The van der Waals surface area contributed by atoms with E-state index < -0.39 is 30.4 Å². The summed E-state index contributed by atoms with van der Waals surface area (Å²) >= 11 is 12.3. The molecule has 0 aliphatic heterocycles. The van der Waals surface area contributed by atoms with E-state index in [2.05, 4.69) is 10.6 Å². The largest absolute Gasteiger partial charge is 0.445 e. The lowest BCUT2D eigenvalue weighted by molar-refractivity contribution is -0.163. The summed E-state index contributed by atoms with van der Waals surface area (Å²) < 4.78 is 16.6. The molecule has 12 heteroatoms. The Kier molecular flexibility index (Phi) is 14.9. The number of nitrogens with zero attached hydrogens (tertiary/aromatic N) is 1. The average molecular weight is 612 g/mol. The summed E-state index contributed by atoms with van der Waals surface area (Å²) in [6.07, 6.45) is -1.35. The van der Waals surface area contributed by atoms with Gasteiger partial charge in [-0.2, -0.15) is 0 Å². The quantitative estimate of drug-likeness (QED) is 0.245. The molecule has 3 amide bonds. The van der Waals surface area contributed by atoms with Crippen molar-refractivity contribution in [1.29, 1.82) is 0 Å². The molecule has 10 nitrogen and oxygen atoms in total. The van der Waals surface area contributed by atoms with Crippen LogP contribution in [0.1, 0.15) is 38.8 Å². The number of benzene rings is 2. The van der Waals surface area contributed by atoms with Crippen LogP contribution in [0.5, 0.6) is 0 Å². The summed E-state index contributed by atoms with van der Waals surface area (Å²) in [4.78, 5) is 41.2. The van der Waals surface area contributed by atoms with Gasteiger partial charge in [0.2, 0.25) is 11.8 Å². The van der Waals surface area contributed by atoms with Gasteiger partial charge in [0.25, 0.3) is 0 Å². The summed E-state index contributed by atoms with van der Waals surface area (Å²) in [7, 11) is 0. The Morgan fingerprint density at radius 1 is 0.902 bits per heavy atom. The Bertz CT molecular complexity index is 1120. The first-order valence-electron chi connectivity index (χ1n) is 13.5. The van der Waals surface area contributed by atoms with Crippen molar-refractivity contribution in [2.75, 3.05) is 26.3 Å². The van der Waals surface area contributed by atoms with E-state index >= 15 is 0 Å². The molecule has 0 fully saturated rings. The third-order valence-electron chi connectivity index (χ3n) is 6.05. The highest BCUT2D eigenvalue weighted by atomic mass is 35.5. The highest BCUT2D eigenvalue weighted by molar-refractivity contribution is 6.42. The lowest BCUT2D eigenvalue weighted by atomic mass is 10.0. The van der Waals surface area contributed by atoms with Crippen LogP contribution in [0.3, 0.4) is 0 Å². The topological polar surface area (TPSA) is 132 Å². The molecule has 2 rings (SSSR count). The van der Waals surface area contributed by atoms with E-state index in [0.717, 1.165) is 5.56 Å². The molecule has 2 atom stereocenters. The standard InChI is InChI=1S/C29H40Cl2N4O6/c1-5-39-26(40-6-2)17-35(19(3)4)28(37)24(15-21-12-13-22(30)23(31)14-21)33-27(36)25(16-32)34-29(38)41-18-20-10-8-7-9-11-20/h7-14,19,24-26H,5-6,15-18,32H2,1-4H3,(H,33,36)(H,34,38). The fourth-order valence-corrected chi connectivity index (χ4v) is 4.28. The Balaban J connectivity index is 2.23. The molecule has 0 bridgehead atoms. The lowest BCUT2D eigenvalue weighted by Crippen LogP contribution is -2.58. The number of hydrogen-bond donors (Lipinski definition) is 3. The number of nitrogens with two attached hydrogens (primary N) is 1. The van der Waals surface area contributed by atoms with Crippen molar-refractivity contribution in [3.63, 3.8) is 0 Å². The summed E-state index contributed by atoms with van der Waals surface area (Å²) in [5.74, 6) is -1.01. The molecule has 0 spiro atoms. The van der Waals surface area contributed by atoms with Crippen molar-refractivity contribution in [3.05, 3.63) is 69.7 Å². The second-order valence-electron chi connectivity index (χ2n) is 9.43. The molecule has 2 unspecified atom stereocenters. The number of alkyl carbamates (subject to hydrolysis) is 1. The van der Waals surface area contributed by atoms with E-state index in [-0.39, 0.29) is 38.1 Å². The average Bonchev–Trinajstić information content (AvgIpc) is 2.95. The van der Waals surface area contributed by atoms with Crippen molar-refractivity contribution in [1.82, 2.24) is 15.5 Å². The highest BCUT2D eigenvalue weighted by Crippen LogP contribution is 2.23. The maximum Gasteiger partial charge on any atom is 0.408 e. The summed E-state index contributed by atoms with van der Waals surface area (Å²) in [6, 6.07) is 11.7. The Labute approximate surface area is 251 Å². The molecule has 0 radical (unpaired) electrons. The first-order chi connectivity index (χ1) is 19.6. The van der Waals surface area contributed by atoms with E-state index in [9.17, 15) is 14.4 Å². The Hall–Kier alpha value is -2.89. The van der Waals surface area contributed by atoms with Crippen LogP contribution < -0.4 is 16.4 Å². The van der Waals surface area contributed by atoms with Gasteiger partial charge in [-0.25, -0.2) is 4.79 Å². The van der Waals surface area contributed by atoms with Crippen LogP contribution in [0.4, 0.5) is 4.79 Å². The third kappa shape index (κ3) is 11.5. The predicted octanol–water partition coefficient (Wildman–Crippen LogP) is 3.91. The minimum Gasteiger partial charge on any atom is -0.445 e. The number of amides is 3. The van der Waals surface area contributed by atoms with Crippen molar-refractivity contribution >= 4 is 41.1 Å². The maximum absolute atomic E-state index is 13.9. The van der Waals surface area contributed by atoms with Gasteiger partial charge in [0.05, 0.1) is 16.6 Å². The van der Waals surface area contributed by atoms with E-state index in [1.54, 1.807) is 23.1 Å². The Morgan fingerprint density at radius 2 is 1.56 bits per heavy atom. The molecule has 0 heterocycles. The van der Waals surface area contributed by atoms with Crippen LogP contribution in [0.15, 0.2) is 48.5 Å². The molecule has 0 saturated heterocycles. The fourth-order valence-electron chi connectivity index (χ4n) is 3.95. The fraction of sp³-hybridized carbons (Fsp3) is 0.483. The minimum absolute atomic E-state index is 0.0220. The molecule has 4 N–H and O–H groups in total. The van der Waals surface area contributed by atoms with Crippen molar-refractivity contribution in [3.8, 4) is 0 Å². The van der Waals surface area contributed by atoms with Gasteiger partial charge in [-0.15, -0.1) is 0 Å². The van der Waals surface area contributed by atoms with Gasteiger partial charge in [0.1, 0.15) is 18.7 Å². The first kappa shape index (κ1) is 34.3. The molecule has 2 aromatic rings. The Morgan fingerprint density at radius 3 is 2.12 bits per heavy atom. The van der Waals surface area contributed by atoms with E-state index in [1.165, 1.54) is 0 Å². The van der Waals surface area contributed by atoms with Crippen LogP contribution in [-0.2, 0) is 36.8 Å². The molecule has 226 valence electrons. The zero-order chi connectivity index (χ0) is 30.4. The number of rotatable bonds is 16. The van der Waals surface area contributed by atoms with Gasteiger partial charge < -0.3 is 35.5 Å². The summed E-state index contributed by atoms with van der Waals surface area (Å²) in [5, 5.41) is 5.92. The SMILES string of the molecule is CCOC(CN(C(=O)C(Cc1ccc(Cl)c(Cl)c1)NC(=O)C(CN)NC(=O)OCc1ccccc1)C(C)C)OCC. The van der Waals surface area contributed by atoms with Gasteiger partial charge >= 0.3 is 6.09 Å². The second kappa shape index (κ2) is 17.8. The van der Waals surface area contributed by atoms with Gasteiger partial charge in [0.15, 0.2) is 6.29 Å². The molecular weight excluding hydrogens is 571 g/mol. The van der Waals surface area contributed by atoms with Gasteiger partial charge in [-0.05, 0) is 51.0 Å². The molecule has 2 aromatic carbocycles. The van der Waals surface area contributed by atoms with Crippen LogP contribution >= 0.6 is 23.2 Å². The number of carbonyl (C=O) groups excluding carboxylic acids is 3. The van der Waals surface area contributed by atoms with Crippen molar-refractivity contribution in [2.24, 2.45) is 5.73 Å². The van der Waals surface area contributed by atoms with Crippen LogP contribution in [0.25, 0.3) is 0 Å². The normalized spacial score (nSPS) is 12.6. The third-order valence-corrected chi connectivity index (χ3v) is 6.79. The number of carbonyl (C=O) groups is 3. The molecule has 0 aliphatic carbocycles. The zero-order valence-electron chi connectivity index (χ0n) is 23.9. The van der Waals surface area contributed by atoms with E-state index in [1.807, 2.05) is 58.0 Å². The highest BCUT2D eigenvalue weighted by Gasteiger charge is 2.32. The molecule has 0 aromatic heterocycles. The first-order valence-corrected chi connectivity index (χ1v) is 14.3. The van der Waals surface area contributed by atoms with E-state index in [0.29, 0.717) is 28.8 Å². The predicted molar refractivity (Wildman–Crippen MR) is 159 cm³/mol. The number of hydrogen-bond acceptors (Lipinski definition) is 7. The van der Waals surface area contributed by atoms with Crippen LogP contribution in [0.2, 0.25) is 10.0 Å². The smallest absolute Gasteiger partial charge is 0.408 e. The van der Waals surface area contributed by atoms with Crippen molar-refractivity contribution in [2.45, 2.75) is 65.1 Å². The lowest BCUT2D eigenvalue weighted by Gasteiger charge is -2.34. The van der Waals surface area contributed by atoms with E-state index in [4.69, 9.17) is 43.1 Å². The molecule has 0 aliphatic rings. The second-order valence-corrected chi connectivity index (χ2v) is 10.2. The van der Waals surface area contributed by atoms with Gasteiger partial charge in [0, 0.05) is 32.2 Å². The number of halogens is 2. The summed E-state index contributed by atoms with van der Waals surface area (Å²) in [5.41, 5.74) is 7.28. The van der Waals surface area contributed by atoms with Gasteiger partial charge in [-0.1, -0.05) is 59.6 Å².